The number of epoxide rings is 1. The van der Waals surface area contributed by atoms with Gasteiger partial charge in [-0.3, -0.25) is 4.68 Å². The number of ether oxygens (including phenoxy) is 1. The molecule has 0 aliphatic carbocycles. The fourth-order valence-electron chi connectivity index (χ4n) is 1.62. The van der Waals surface area contributed by atoms with Crippen molar-refractivity contribution in [2.45, 2.75) is 32.3 Å². The van der Waals surface area contributed by atoms with E-state index >= 15 is 0 Å². The van der Waals surface area contributed by atoms with Crippen molar-refractivity contribution in [3.63, 3.8) is 0 Å². The zero-order valence-electron chi connectivity index (χ0n) is 8.59. The molecule has 1 aromatic heterocycles. The van der Waals surface area contributed by atoms with Crippen LogP contribution in [0.3, 0.4) is 0 Å². The Balaban J connectivity index is 2.09. The van der Waals surface area contributed by atoms with Crippen LogP contribution in [-0.2, 0) is 24.6 Å². The molecule has 0 N–H and O–H groups in total. The van der Waals surface area contributed by atoms with Gasteiger partial charge in [0.05, 0.1) is 28.6 Å². The Morgan fingerprint density at radius 3 is 2.86 bits per heavy atom. The molecular formula is C10H15BrN2O. The number of aromatic nitrogens is 2. The molecular weight excluding hydrogens is 244 g/mol. The molecule has 4 heteroatoms. The molecule has 1 fully saturated rings. The molecule has 1 atom stereocenters. The molecule has 0 saturated carbocycles. The van der Waals surface area contributed by atoms with Gasteiger partial charge in [0.15, 0.2) is 0 Å². The minimum Gasteiger partial charge on any atom is -0.373 e. The highest BCUT2D eigenvalue weighted by Crippen LogP contribution is 2.25. The highest BCUT2D eigenvalue weighted by atomic mass is 79.9. The lowest BCUT2D eigenvalue weighted by atomic mass is 10.2. The predicted octanol–water partition coefficient (Wildman–Crippen LogP) is 2.08. The van der Waals surface area contributed by atoms with E-state index in [1.807, 2.05) is 11.7 Å². The standard InChI is InChI=1S/C10H15BrN2O/c1-3-8-10(11)9(13(2)12-8)5-4-7-6-14-7/h7H,3-6H2,1-2H3. The van der Waals surface area contributed by atoms with Crippen LogP contribution in [0.2, 0.25) is 0 Å². The third-order valence-electron chi connectivity index (χ3n) is 2.61. The third kappa shape index (κ3) is 2.01. The van der Waals surface area contributed by atoms with Crippen molar-refractivity contribution in [3.8, 4) is 0 Å². The molecule has 1 aliphatic heterocycles. The minimum atomic E-state index is 0.502. The number of hydrogen-bond acceptors (Lipinski definition) is 2. The van der Waals surface area contributed by atoms with Gasteiger partial charge < -0.3 is 4.74 Å². The van der Waals surface area contributed by atoms with Crippen LogP contribution in [0.5, 0.6) is 0 Å². The topological polar surface area (TPSA) is 30.4 Å². The van der Waals surface area contributed by atoms with Crippen molar-refractivity contribution < 1.29 is 4.74 Å². The molecule has 1 unspecified atom stereocenters. The summed E-state index contributed by atoms with van der Waals surface area (Å²) in [6, 6.07) is 0. The molecule has 2 rings (SSSR count). The maximum atomic E-state index is 5.20. The van der Waals surface area contributed by atoms with Gasteiger partial charge in [0.25, 0.3) is 0 Å². The second-order valence-corrected chi connectivity index (χ2v) is 4.47. The lowest BCUT2D eigenvalue weighted by molar-refractivity contribution is 0.395. The fraction of sp³-hybridized carbons (Fsp3) is 0.700. The fourth-order valence-corrected chi connectivity index (χ4v) is 2.44. The van der Waals surface area contributed by atoms with Crippen LogP contribution in [0.15, 0.2) is 4.47 Å². The van der Waals surface area contributed by atoms with E-state index in [1.165, 1.54) is 10.2 Å². The van der Waals surface area contributed by atoms with E-state index in [0.29, 0.717) is 6.10 Å². The molecule has 0 amide bonds. The van der Waals surface area contributed by atoms with E-state index < -0.39 is 0 Å². The second-order valence-electron chi connectivity index (χ2n) is 3.68. The van der Waals surface area contributed by atoms with Gasteiger partial charge in [-0.15, -0.1) is 0 Å². The second kappa shape index (κ2) is 4.03. The molecule has 1 aromatic rings. The summed E-state index contributed by atoms with van der Waals surface area (Å²) < 4.78 is 8.36. The van der Waals surface area contributed by atoms with Crippen LogP contribution in [0.4, 0.5) is 0 Å². The predicted molar refractivity (Wildman–Crippen MR) is 58.3 cm³/mol. The first-order valence-corrected chi connectivity index (χ1v) is 5.83. The number of rotatable bonds is 4. The number of nitrogens with zero attached hydrogens (tertiary/aromatic N) is 2. The molecule has 2 heterocycles. The number of halogens is 1. The van der Waals surface area contributed by atoms with Gasteiger partial charge in [-0.1, -0.05) is 6.92 Å². The van der Waals surface area contributed by atoms with Crippen molar-refractivity contribution in [2.24, 2.45) is 7.05 Å². The Kier molecular flexibility index (Phi) is 2.93. The van der Waals surface area contributed by atoms with E-state index in [0.717, 1.165) is 31.6 Å². The highest BCUT2D eigenvalue weighted by Gasteiger charge is 2.23. The molecule has 78 valence electrons. The molecule has 3 nitrogen and oxygen atoms in total. The molecule has 0 aromatic carbocycles. The first kappa shape index (κ1) is 10.2. The molecule has 0 spiro atoms. The monoisotopic (exact) mass is 258 g/mol. The highest BCUT2D eigenvalue weighted by molar-refractivity contribution is 9.10. The molecule has 14 heavy (non-hydrogen) atoms. The van der Waals surface area contributed by atoms with Crippen LogP contribution in [0.1, 0.15) is 24.7 Å². The Labute approximate surface area is 92.6 Å². The van der Waals surface area contributed by atoms with Gasteiger partial charge in [-0.05, 0) is 35.2 Å². The minimum absolute atomic E-state index is 0.502. The van der Waals surface area contributed by atoms with Crippen molar-refractivity contribution >= 4 is 15.9 Å². The molecule has 1 aliphatic rings. The molecule has 1 saturated heterocycles. The average Bonchev–Trinajstić information content (AvgIpc) is 2.93. The Hall–Kier alpha value is -0.350. The van der Waals surface area contributed by atoms with Crippen LogP contribution >= 0.6 is 15.9 Å². The average molecular weight is 259 g/mol. The maximum Gasteiger partial charge on any atom is 0.0813 e. The summed E-state index contributed by atoms with van der Waals surface area (Å²) in [5, 5.41) is 4.46. The van der Waals surface area contributed by atoms with Gasteiger partial charge in [-0.2, -0.15) is 5.10 Å². The summed E-state index contributed by atoms with van der Waals surface area (Å²) in [5.74, 6) is 0. The summed E-state index contributed by atoms with van der Waals surface area (Å²) in [5.41, 5.74) is 2.44. The van der Waals surface area contributed by atoms with E-state index in [2.05, 4.69) is 28.0 Å². The van der Waals surface area contributed by atoms with Crippen molar-refractivity contribution in [3.05, 3.63) is 15.9 Å². The normalized spacial score (nSPS) is 20.1. The van der Waals surface area contributed by atoms with E-state index in [9.17, 15) is 0 Å². The Bertz CT molecular complexity index is 331. The Morgan fingerprint density at radius 1 is 1.64 bits per heavy atom. The largest absolute Gasteiger partial charge is 0.373 e. The van der Waals surface area contributed by atoms with Crippen LogP contribution in [0, 0.1) is 0 Å². The van der Waals surface area contributed by atoms with E-state index in [-0.39, 0.29) is 0 Å². The summed E-state index contributed by atoms with van der Waals surface area (Å²) in [6.07, 6.45) is 3.64. The molecule has 0 bridgehead atoms. The van der Waals surface area contributed by atoms with E-state index in [4.69, 9.17) is 4.74 Å². The zero-order valence-corrected chi connectivity index (χ0v) is 10.2. The van der Waals surface area contributed by atoms with Crippen LogP contribution in [0.25, 0.3) is 0 Å². The summed E-state index contributed by atoms with van der Waals surface area (Å²) in [6.45, 7) is 3.07. The first-order chi connectivity index (χ1) is 6.72. The van der Waals surface area contributed by atoms with Gasteiger partial charge in [0, 0.05) is 7.05 Å². The SMILES string of the molecule is CCc1nn(C)c(CCC2CO2)c1Br. The lowest BCUT2D eigenvalue weighted by Gasteiger charge is -2.00. The third-order valence-corrected chi connectivity index (χ3v) is 3.52. The first-order valence-electron chi connectivity index (χ1n) is 5.04. The Morgan fingerprint density at radius 2 is 2.36 bits per heavy atom. The van der Waals surface area contributed by atoms with Crippen molar-refractivity contribution in [1.29, 1.82) is 0 Å². The smallest absolute Gasteiger partial charge is 0.0813 e. The van der Waals surface area contributed by atoms with Gasteiger partial charge in [-0.25, -0.2) is 0 Å². The van der Waals surface area contributed by atoms with Crippen molar-refractivity contribution in [1.82, 2.24) is 9.78 Å². The van der Waals surface area contributed by atoms with Gasteiger partial charge in [0.1, 0.15) is 0 Å². The summed E-state index contributed by atoms with van der Waals surface area (Å²) in [4.78, 5) is 0. The van der Waals surface area contributed by atoms with Gasteiger partial charge in [0.2, 0.25) is 0 Å². The summed E-state index contributed by atoms with van der Waals surface area (Å²) in [7, 11) is 2.01. The summed E-state index contributed by atoms with van der Waals surface area (Å²) >= 11 is 3.61. The van der Waals surface area contributed by atoms with Crippen LogP contribution in [-0.4, -0.2) is 22.5 Å². The number of hydrogen-bond donors (Lipinski definition) is 0. The van der Waals surface area contributed by atoms with E-state index in [1.54, 1.807) is 0 Å². The quantitative estimate of drug-likeness (QED) is 0.775. The maximum absolute atomic E-state index is 5.20. The lowest BCUT2D eigenvalue weighted by Crippen LogP contribution is -2.00. The number of aryl methyl sites for hydroxylation is 2. The van der Waals surface area contributed by atoms with Crippen molar-refractivity contribution in [2.75, 3.05) is 6.61 Å². The van der Waals surface area contributed by atoms with Gasteiger partial charge >= 0.3 is 0 Å². The van der Waals surface area contributed by atoms with Crippen LogP contribution < -0.4 is 0 Å². The molecule has 0 radical (unpaired) electrons. The zero-order chi connectivity index (χ0) is 10.1.